The maximum Gasteiger partial charge on any atom is 0.409 e. The van der Waals surface area contributed by atoms with Crippen molar-refractivity contribution in [1.82, 2.24) is 4.90 Å². The van der Waals surface area contributed by atoms with Crippen LogP contribution in [-0.2, 0) is 19.1 Å². The number of hydrogen-bond donors (Lipinski definition) is 1. The second-order valence-corrected chi connectivity index (χ2v) is 4.42. The Hall–Kier alpha value is -1.80. The Morgan fingerprint density at radius 1 is 1.50 bits per heavy atom. The van der Waals surface area contributed by atoms with Crippen LogP contribution in [0, 0.1) is 5.92 Å². The van der Waals surface area contributed by atoms with Crippen LogP contribution in [0.4, 0.5) is 13.2 Å². The molecule has 0 spiro atoms. The standard InChI is InChI=1S/C11H15F3N2O4/c1-2-20-9(18)4-7(11(12,13)14)16-5-6(10(15)19)3-8(16)17/h6-7H,2-5H2,1H3,(H2,15,19). The van der Waals surface area contributed by atoms with Gasteiger partial charge in [-0.1, -0.05) is 0 Å². The summed E-state index contributed by atoms with van der Waals surface area (Å²) in [6.07, 6.45) is -6.14. The number of hydrogen-bond acceptors (Lipinski definition) is 4. The average Bonchev–Trinajstić information content (AvgIpc) is 2.67. The van der Waals surface area contributed by atoms with E-state index in [-0.39, 0.29) is 13.0 Å². The molecule has 1 aliphatic heterocycles. The third kappa shape index (κ3) is 3.84. The topological polar surface area (TPSA) is 89.7 Å². The van der Waals surface area contributed by atoms with E-state index in [0.29, 0.717) is 4.90 Å². The van der Waals surface area contributed by atoms with Crippen LogP contribution in [0.5, 0.6) is 0 Å². The molecule has 1 rings (SSSR count). The minimum atomic E-state index is -4.78. The molecule has 0 radical (unpaired) electrons. The number of primary amides is 1. The summed E-state index contributed by atoms with van der Waals surface area (Å²) < 4.78 is 43.3. The maximum atomic E-state index is 13.0. The minimum Gasteiger partial charge on any atom is -0.466 e. The van der Waals surface area contributed by atoms with Gasteiger partial charge in [-0.05, 0) is 6.92 Å². The average molecular weight is 296 g/mol. The van der Waals surface area contributed by atoms with Crippen molar-refractivity contribution in [3.63, 3.8) is 0 Å². The molecule has 0 aromatic rings. The number of alkyl halides is 3. The molecule has 0 aromatic heterocycles. The molecule has 20 heavy (non-hydrogen) atoms. The molecule has 1 fully saturated rings. The maximum absolute atomic E-state index is 13.0. The van der Waals surface area contributed by atoms with Crippen LogP contribution < -0.4 is 5.73 Å². The number of nitrogens with two attached hydrogens (primary N) is 1. The Kier molecular flexibility index (Phi) is 4.96. The number of nitrogens with zero attached hydrogens (tertiary/aromatic N) is 1. The van der Waals surface area contributed by atoms with E-state index in [1.165, 1.54) is 6.92 Å². The van der Waals surface area contributed by atoms with Crippen LogP contribution in [0.25, 0.3) is 0 Å². The predicted octanol–water partition coefficient (Wildman–Crippen LogP) is 0.204. The molecule has 6 nitrogen and oxygen atoms in total. The third-order valence-electron chi connectivity index (χ3n) is 2.98. The molecular formula is C11H15F3N2O4. The molecule has 0 aliphatic carbocycles. The Balaban J connectivity index is 2.87. The van der Waals surface area contributed by atoms with Crippen molar-refractivity contribution in [2.45, 2.75) is 32.0 Å². The predicted molar refractivity (Wildman–Crippen MR) is 60.1 cm³/mol. The second kappa shape index (κ2) is 6.10. The molecule has 1 heterocycles. The highest BCUT2D eigenvalue weighted by Crippen LogP contribution is 2.32. The number of rotatable bonds is 5. The van der Waals surface area contributed by atoms with Crippen LogP contribution in [-0.4, -0.2) is 48.1 Å². The summed E-state index contributed by atoms with van der Waals surface area (Å²) in [7, 11) is 0. The monoisotopic (exact) mass is 296 g/mol. The van der Waals surface area contributed by atoms with E-state index < -0.39 is 48.9 Å². The lowest BCUT2D eigenvalue weighted by Crippen LogP contribution is -2.48. The van der Waals surface area contributed by atoms with Crippen molar-refractivity contribution in [1.29, 1.82) is 0 Å². The number of carbonyl (C=O) groups excluding carboxylic acids is 3. The molecule has 2 atom stereocenters. The summed E-state index contributed by atoms with van der Waals surface area (Å²) >= 11 is 0. The van der Waals surface area contributed by atoms with Gasteiger partial charge in [-0.25, -0.2) is 0 Å². The van der Waals surface area contributed by atoms with Crippen molar-refractivity contribution in [3.05, 3.63) is 0 Å². The first-order chi connectivity index (χ1) is 9.16. The Morgan fingerprint density at radius 3 is 2.50 bits per heavy atom. The van der Waals surface area contributed by atoms with Gasteiger partial charge < -0.3 is 15.4 Å². The number of amides is 2. The highest BCUT2D eigenvalue weighted by molar-refractivity contribution is 5.89. The summed E-state index contributed by atoms with van der Waals surface area (Å²) in [6.45, 7) is 0.976. The van der Waals surface area contributed by atoms with E-state index in [1.807, 2.05) is 0 Å². The first kappa shape index (κ1) is 16.3. The quantitative estimate of drug-likeness (QED) is 0.734. The molecule has 9 heteroatoms. The van der Waals surface area contributed by atoms with Crippen molar-refractivity contribution in [3.8, 4) is 0 Å². The van der Waals surface area contributed by atoms with E-state index >= 15 is 0 Å². The van der Waals surface area contributed by atoms with E-state index in [1.54, 1.807) is 0 Å². The zero-order valence-electron chi connectivity index (χ0n) is 10.8. The van der Waals surface area contributed by atoms with Crippen molar-refractivity contribution < 1.29 is 32.3 Å². The summed E-state index contributed by atoms with van der Waals surface area (Å²) in [5.41, 5.74) is 4.99. The smallest absolute Gasteiger partial charge is 0.409 e. The summed E-state index contributed by atoms with van der Waals surface area (Å²) in [4.78, 5) is 34.2. The van der Waals surface area contributed by atoms with Crippen LogP contribution in [0.2, 0.25) is 0 Å². The molecule has 0 aromatic carbocycles. The number of likely N-dealkylation sites (tertiary alicyclic amines) is 1. The SMILES string of the molecule is CCOC(=O)CC(N1CC(C(N)=O)CC1=O)C(F)(F)F. The van der Waals surface area contributed by atoms with E-state index in [4.69, 9.17) is 5.73 Å². The molecule has 2 amide bonds. The molecule has 0 saturated carbocycles. The first-order valence-corrected chi connectivity index (χ1v) is 5.98. The lowest BCUT2D eigenvalue weighted by atomic mass is 10.1. The van der Waals surface area contributed by atoms with Gasteiger partial charge in [0.2, 0.25) is 11.8 Å². The van der Waals surface area contributed by atoms with Crippen LogP contribution >= 0.6 is 0 Å². The molecule has 114 valence electrons. The first-order valence-electron chi connectivity index (χ1n) is 5.98. The largest absolute Gasteiger partial charge is 0.466 e. The van der Waals surface area contributed by atoms with E-state index in [0.717, 1.165) is 0 Å². The number of esters is 1. The van der Waals surface area contributed by atoms with Crippen molar-refractivity contribution in [2.75, 3.05) is 13.2 Å². The summed E-state index contributed by atoms with van der Waals surface area (Å²) in [5, 5.41) is 0. The lowest BCUT2D eigenvalue weighted by molar-refractivity contribution is -0.193. The number of halogens is 3. The molecule has 1 saturated heterocycles. The third-order valence-corrected chi connectivity index (χ3v) is 2.98. The molecule has 2 N–H and O–H groups in total. The van der Waals surface area contributed by atoms with Gasteiger partial charge in [0.25, 0.3) is 0 Å². The van der Waals surface area contributed by atoms with Gasteiger partial charge in [-0.3, -0.25) is 14.4 Å². The Bertz CT molecular complexity index is 411. The lowest BCUT2D eigenvalue weighted by Gasteiger charge is -2.29. The minimum absolute atomic E-state index is 0.0543. The molecule has 0 bridgehead atoms. The van der Waals surface area contributed by atoms with Crippen molar-refractivity contribution in [2.24, 2.45) is 11.7 Å². The highest BCUT2D eigenvalue weighted by Gasteiger charge is 2.50. The van der Waals surface area contributed by atoms with Gasteiger partial charge in [0, 0.05) is 13.0 Å². The zero-order chi connectivity index (χ0) is 15.5. The van der Waals surface area contributed by atoms with Gasteiger partial charge >= 0.3 is 12.1 Å². The molecular weight excluding hydrogens is 281 g/mol. The normalized spacial score (nSPS) is 20.9. The highest BCUT2D eigenvalue weighted by atomic mass is 19.4. The fourth-order valence-corrected chi connectivity index (χ4v) is 2.00. The number of carbonyl (C=O) groups is 3. The van der Waals surface area contributed by atoms with Crippen molar-refractivity contribution >= 4 is 17.8 Å². The van der Waals surface area contributed by atoms with E-state index in [9.17, 15) is 27.6 Å². The Morgan fingerprint density at radius 2 is 2.10 bits per heavy atom. The van der Waals surface area contributed by atoms with Crippen LogP contribution in [0.3, 0.4) is 0 Å². The summed E-state index contributed by atoms with van der Waals surface area (Å²) in [6, 6.07) is -2.29. The van der Waals surface area contributed by atoms with Gasteiger partial charge in [-0.15, -0.1) is 0 Å². The molecule has 2 unspecified atom stereocenters. The van der Waals surface area contributed by atoms with Gasteiger partial charge in [0.15, 0.2) is 0 Å². The second-order valence-electron chi connectivity index (χ2n) is 4.42. The number of ether oxygens (including phenoxy) is 1. The van der Waals surface area contributed by atoms with Crippen LogP contribution in [0.15, 0.2) is 0 Å². The van der Waals surface area contributed by atoms with Gasteiger partial charge in [0.1, 0.15) is 6.04 Å². The molecule has 1 aliphatic rings. The van der Waals surface area contributed by atoms with Crippen LogP contribution in [0.1, 0.15) is 19.8 Å². The fraction of sp³-hybridized carbons (Fsp3) is 0.727. The van der Waals surface area contributed by atoms with Gasteiger partial charge in [-0.2, -0.15) is 13.2 Å². The zero-order valence-corrected chi connectivity index (χ0v) is 10.8. The van der Waals surface area contributed by atoms with E-state index in [2.05, 4.69) is 4.74 Å². The van der Waals surface area contributed by atoms with Gasteiger partial charge in [0.05, 0.1) is 18.9 Å². The fourth-order valence-electron chi connectivity index (χ4n) is 2.00. The summed E-state index contributed by atoms with van der Waals surface area (Å²) in [5.74, 6) is -3.70. The Labute approximate surface area is 113 Å².